The van der Waals surface area contributed by atoms with Crippen molar-refractivity contribution >= 4 is 17.4 Å². The number of aryl methyl sites for hydroxylation is 1. The zero-order valence-electron chi connectivity index (χ0n) is 14.0. The molecule has 0 aliphatic carbocycles. The van der Waals surface area contributed by atoms with Gasteiger partial charge in [0.2, 0.25) is 0 Å². The van der Waals surface area contributed by atoms with E-state index in [1.807, 2.05) is 32.1 Å². The molecule has 0 saturated heterocycles. The molecule has 5 heteroatoms. The predicted octanol–water partition coefficient (Wildman–Crippen LogP) is 3.96. The topological polar surface area (TPSA) is 41.6 Å². The average Bonchev–Trinajstić information content (AvgIpc) is 2.78. The maximum Gasteiger partial charge on any atom is 0.410 e. The Labute approximate surface area is 132 Å². The molecule has 1 aromatic rings. The molecule has 0 spiro atoms. The van der Waals surface area contributed by atoms with Gasteiger partial charge in [-0.05, 0) is 59.7 Å². The van der Waals surface area contributed by atoms with Crippen molar-refractivity contribution < 1.29 is 9.53 Å². The fourth-order valence-corrected chi connectivity index (χ4v) is 2.76. The van der Waals surface area contributed by atoms with Crippen LogP contribution in [0.4, 0.5) is 4.79 Å². The van der Waals surface area contributed by atoms with Gasteiger partial charge in [0.1, 0.15) is 5.60 Å². The first-order chi connectivity index (χ1) is 9.69. The number of nitrogens with zero attached hydrogens (tertiary/aromatic N) is 1. The van der Waals surface area contributed by atoms with E-state index in [1.54, 1.807) is 11.9 Å². The van der Waals surface area contributed by atoms with Crippen molar-refractivity contribution in [1.82, 2.24) is 10.2 Å². The summed E-state index contributed by atoms with van der Waals surface area (Å²) in [5.41, 5.74) is -0.435. The molecule has 1 amide bonds. The summed E-state index contributed by atoms with van der Waals surface area (Å²) in [5.74, 6) is 0. The molecule has 0 aromatic carbocycles. The molecular weight excluding hydrogens is 284 g/mol. The van der Waals surface area contributed by atoms with Crippen molar-refractivity contribution in [3.63, 3.8) is 0 Å². The van der Waals surface area contributed by atoms with Crippen LogP contribution in [0.25, 0.3) is 0 Å². The Kier molecular flexibility index (Phi) is 6.68. The number of nitrogens with one attached hydrogen (secondary N) is 1. The second-order valence-electron chi connectivity index (χ2n) is 6.38. The van der Waals surface area contributed by atoms with Crippen LogP contribution >= 0.6 is 11.3 Å². The lowest BCUT2D eigenvalue weighted by Crippen LogP contribution is -2.35. The molecule has 0 fully saturated rings. The van der Waals surface area contributed by atoms with E-state index in [9.17, 15) is 4.79 Å². The molecule has 1 unspecified atom stereocenters. The minimum atomic E-state index is -0.435. The Morgan fingerprint density at radius 3 is 2.62 bits per heavy atom. The third kappa shape index (κ3) is 6.96. The minimum absolute atomic E-state index is 0.260. The Morgan fingerprint density at radius 2 is 2.10 bits per heavy atom. The molecule has 0 radical (unpaired) electrons. The number of hydrogen-bond donors (Lipinski definition) is 1. The van der Waals surface area contributed by atoms with Crippen molar-refractivity contribution in [2.24, 2.45) is 0 Å². The average molecular weight is 312 g/mol. The van der Waals surface area contributed by atoms with Gasteiger partial charge in [-0.15, -0.1) is 11.3 Å². The third-order valence-electron chi connectivity index (χ3n) is 3.01. The van der Waals surface area contributed by atoms with Gasteiger partial charge in [0, 0.05) is 29.4 Å². The van der Waals surface area contributed by atoms with E-state index >= 15 is 0 Å². The van der Waals surface area contributed by atoms with Crippen LogP contribution in [-0.4, -0.2) is 36.7 Å². The van der Waals surface area contributed by atoms with Crippen molar-refractivity contribution in [2.45, 2.75) is 52.7 Å². The first-order valence-electron chi connectivity index (χ1n) is 7.43. The van der Waals surface area contributed by atoms with Gasteiger partial charge in [-0.3, -0.25) is 0 Å². The summed E-state index contributed by atoms with van der Waals surface area (Å²) in [5, 5.41) is 3.49. The molecule has 1 atom stereocenters. The zero-order chi connectivity index (χ0) is 16.0. The summed E-state index contributed by atoms with van der Waals surface area (Å²) in [6, 6.07) is 4.68. The van der Waals surface area contributed by atoms with E-state index in [0.29, 0.717) is 12.6 Å². The summed E-state index contributed by atoms with van der Waals surface area (Å²) in [7, 11) is 1.78. The second-order valence-corrected chi connectivity index (χ2v) is 7.70. The molecule has 1 heterocycles. The normalized spacial score (nSPS) is 13.0. The quantitative estimate of drug-likeness (QED) is 0.808. The molecule has 4 nitrogen and oxygen atoms in total. The van der Waals surface area contributed by atoms with Crippen LogP contribution in [0.2, 0.25) is 0 Å². The Bertz CT molecular complexity index is 451. The van der Waals surface area contributed by atoms with Gasteiger partial charge in [-0.25, -0.2) is 4.79 Å². The highest BCUT2D eigenvalue weighted by molar-refractivity contribution is 7.12. The summed E-state index contributed by atoms with van der Waals surface area (Å²) in [4.78, 5) is 16.1. The Balaban J connectivity index is 2.23. The second kappa shape index (κ2) is 7.80. The lowest BCUT2D eigenvalue weighted by molar-refractivity contribution is 0.0297. The fraction of sp³-hybridized carbons (Fsp3) is 0.688. The first-order valence-corrected chi connectivity index (χ1v) is 8.24. The summed E-state index contributed by atoms with van der Waals surface area (Å²) >= 11 is 1.82. The van der Waals surface area contributed by atoms with Gasteiger partial charge >= 0.3 is 6.09 Å². The zero-order valence-corrected chi connectivity index (χ0v) is 14.8. The lowest BCUT2D eigenvalue weighted by atomic mass is 10.2. The number of hydrogen-bond acceptors (Lipinski definition) is 4. The monoisotopic (exact) mass is 312 g/mol. The molecule has 1 N–H and O–H groups in total. The predicted molar refractivity (Wildman–Crippen MR) is 89.0 cm³/mol. The van der Waals surface area contributed by atoms with Crippen molar-refractivity contribution in [3.8, 4) is 0 Å². The third-order valence-corrected chi connectivity index (χ3v) is 4.20. The van der Waals surface area contributed by atoms with Gasteiger partial charge in [0.15, 0.2) is 0 Å². The number of carbonyl (C=O) groups is 1. The highest BCUT2D eigenvalue weighted by Gasteiger charge is 2.19. The van der Waals surface area contributed by atoms with E-state index in [0.717, 1.165) is 13.0 Å². The fourth-order valence-electron chi connectivity index (χ4n) is 1.85. The first kappa shape index (κ1) is 18.0. The molecule has 0 saturated carbocycles. The summed E-state index contributed by atoms with van der Waals surface area (Å²) in [6.07, 6.45) is 0.647. The Hall–Kier alpha value is -1.07. The van der Waals surface area contributed by atoms with Gasteiger partial charge in [-0.2, -0.15) is 0 Å². The molecule has 0 aliphatic rings. The molecule has 0 bridgehead atoms. The van der Waals surface area contributed by atoms with E-state index < -0.39 is 5.60 Å². The van der Waals surface area contributed by atoms with Crippen molar-refractivity contribution in [2.75, 3.05) is 20.1 Å². The lowest BCUT2D eigenvalue weighted by Gasteiger charge is -2.24. The van der Waals surface area contributed by atoms with Crippen LogP contribution in [0.1, 0.15) is 49.9 Å². The molecule has 0 aliphatic heterocycles. The molecule has 21 heavy (non-hydrogen) atoms. The maximum atomic E-state index is 11.8. The van der Waals surface area contributed by atoms with Gasteiger partial charge < -0.3 is 15.0 Å². The number of carbonyl (C=O) groups excluding carboxylic acids is 1. The molecule has 1 rings (SSSR count). The molecule has 1 aromatic heterocycles. The van der Waals surface area contributed by atoms with E-state index in [1.165, 1.54) is 9.75 Å². The largest absolute Gasteiger partial charge is 0.444 e. The van der Waals surface area contributed by atoms with Crippen LogP contribution in [0.15, 0.2) is 12.1 Å². The van der Waals surface area contributed by atoms with Crippen LogP contribution in [0.3, 0.4) is 0 Å². The van der Waals surface area contributed by atoms with E-state index in [2.05, 4.69) is 31.3 Å². The van der Waals surface area contributed by atoms with Crippen LogP contribution < -0.4 is 5.32 Å². The van der Waals surface area contributed by atoms with Gasteiger partial charge in [0.25, 0.3) is 0 Å². The van der Waals surface area contributed by atoms with Gasteiger partial charge in [0.05, 0.1) is 0 Å². The number of thiophene rings is 1. The number of amides is 1. The highest BCUT2D eigenvalue weighted by atomic mass is 32.1. The van der Waals surface area contributed by atoms with Crippen LogP contribution in [0, 0.1) is 6.92 Å². The summed E-state index contributed by atoms with van der Waals surface area (Å²) in [6.45, 7) is 11.5. The number of ether oxygens (including phenoxy) is 1. The Morgan fingerprint density at radius 1 is 1.43 bits per heavy atom. The van der Waals surface area contributed by atoms with Crippen LogP contribution in [-0.2, 0) is 4.74 Å². The van der Waals surface area contributed by atoms with Gasteiger partial charge in [-0.1, -0.05) is 0 Å². The smallest absolute Gasteiger partial charge is 0.410 e. The van der Waals surface area contributed by atoms with E-state index in [4.69, 9.17) is 4.74 Å². The molecular formula is C16H28N2O2S. The summed E-state index contributed by atoms with van der Waals surface area (Å²) < 4.78 is 5.32. The minimum Gasteiger partial charge on any atom is -0.444 e. The van der Waals surface area contributed by atoms with Crippen molar-refractivity contribution in [1.29, 1.82) is 0 Å². The van der Waals surface area contributed by atoms with Crippen molar-refractivity contribution in [3.05, 3.63) is 21.9 Å². The SMILES string of the molecule is Cc1ccc(C(C)NCCCN(C)C(=O)OC(C)(C)C)s1. The van der Waals surface area contributed by atoms with E-state index in [-0.39, 0.29) is 6.09 Å². The highest BCUT2D eigenvalue weighted by Crippen LogP contribution is 2.22. The standard InChI is InChI=1S/C16H28N2O2S/c1-12-8-9-14(21-12)13(2)17-10-7-11-18(6)15(19)20-16(3,4)5/h8-9,13,17H,7,10-11H2,1-6H3. The van der Waals surface area contributed by atoms with Crippen LogP contribution in [0.5, 0.6) is 0 Å². The molecule has 120 valence electrons. The maximum absolute atomic E-state index is 11.8. The number of rotatable bonds is 6.